The lowest BCUT2D eigenvalue weighted by molar-refractivity contribution is -0.385. The number of carboxylic acid groups (broad SMARTS) is 1. The lowest BCUT2D eigenvalue weighted by Gasteiger charge is -2.15. The van der Waals surface area contributed by atoms with Crippen molar-refractivity contribution in [1.29, 1.82) is 0 Å². The maximum Gasteiger partial charge on any atom is 0.322 e. The largest absolute Gasteiger partial charge is 0.480 e. The Morgan fingerprint density at radius 1 is 1.29 bits per heavy atom. The van der Waals surface area contributed by atoms with Crippen LogP contribution >= 0.6 is 11.6 Å². The fraction of sp³-hybridized carbons (Fsp3) is 0.118. The summed E-state index contributed by atoms with van der Waals surface area (Å²) in [5.74, 6) is -1.39. The van der Waals surface area contributed by atoms with Gasteiger partial charge in [0.1, 0.15) is 10.9 Å². The molecule has 0 bridgehead atoms. The topological polar surface area (TPSA) is 142 Å². The number of benzene rings is 2. The smallest absolute Gasteiger partial charge is 0.322 e. The van der Waals surface area contributed by atoms with Crippen LogP contribution in [0.2, 0.25) is 5.02 Å². The van der Waals surface area contributed by atoms with Crippen molar-refractivity contribution in [2.45, 2.75) is 17.4 Å². The van der Waals surface area contributed by atoms with Crippen molar-refractivity contribution in [2.75, 3.05) is 0 Å². The molecule has 0 spiro atoms. The summed E-state index contributed by atoms with van der Waals surface area (Å²) in [6, 6.07) is 8.60. The summed E-state index contributed by atoms with van der Waals surface area (Å²) in [4.78, 5) is 24.2. The number of para-hydroxylation sites is 1. The minimum absolute atomic E-state index is 0.134. The monoisotopic (exact) mass is 423 g/mol. The fourth-order valence-electron chi connectivity index (χ4n) is 2.76. The van der Waals surface area contributed by atoms with Gasteiger partial charge in [0.05, 0.1) is 9.95 Å². The van der Waals surface area contributed by atoms with Gasteiger partial charge < -0.3 is 10.1 Å². The van der Waals surface area contributed by atoms with Crippen LogP contribution in [0.3, 0.4) is 0 Å². The van der Waals surface area contributed by atoms with Gasteiger partial charge in [0.2, 0.25) is 10.0 Å². The molecule has 3 rings (SSSR count). The van der Waals surface area contributed by atoms with Crippen LogP contribution in [0.15, 0.2) is 53.6 Å². The highest BCUT2D eigenvalue weighted by Gasteiger charge is 2.29. The van der Waals surface area contributed by atoms with E-state index in [4.69, 9.17) is 11.6 Å². The van der Waals surface area contributed by atoms with Crippen LogP contribution in [-0.2, 0) is 21.2 Å². The number of aromatic nitrogens is 1. The first-order valence-electron chi connectivity index (χ1n) is 7.93. The third kappa shape index (κ3) is 3.98. The maximum atomic E-state index is 12.6. The van der Waals surface area contributed by atoms with E-state index in [2.05, 4.69) is 9.71 Å². The van der Waals surface area contributed by atoms with Gasteiger partial charge in [0, 0.05) is 35.7 Å². The van der Waals surface area contributed by atoms with Gasteiger partial charge >= 0.3 is 5.97 Å². The van der Waals surface area contributed by atoms with E-state index in [0.29, 0.717) is 5.56 Å². The predicted molar refractivity (Wildman–Crippen MR) is 102 cm³/mol. The van der Waals surface area contributed by atoms with Gasteiger partial charge in [-0.2, -0.15) is 4.72 Å². The Morgan fingerprint density at radius 3 is 2.68 bits per heavy atom. The third-order valence-electron chi connectivity index (χ3n) is 4.11. The number of H-pyrrole nitrogens is 1. The summed E-state index contributed by atoms with van der Waals surface area (Å²) in [6.45, 7) is 0. The first kappa shape index (κ1) is 19.8. The normalized spacial score (nSPS) is 12.8. The van der Waals surface area contributed by atoms with Crippen LogP contribution in [0.1, 0.15) is 5.56 Å². The Hall–Kier alpha value is -2.95. The second-order valence-electron chi connectivity index (χ2n) is 5.95. The molecule has 11 heteroatoms. The van der Waals surface area contributed by atoms with E-state index in [-0.39, 0.29) is 11.4 Å². The van der Waals surface area contributed by atoms with Crippen molar-refractivity contribution < 1.29 is 23.2 Å². The van der Waals surface area contributed by atoms with E-state index >= 15 is 0 Å². The Labute approximate surface area is 164 Å². The predicted octanol–water partition coefficient (Wildman–Crippen LogP) is 2.70. The van der Waals surface area contributed by atoms with E-state index < -0.39 is 37.5 Å². The second kappa shape index (κ2) is 7.58. The van der Waals surface area contributed by atoms with Gasteiger partial charge in [0.15, 0.2) is 0 Å². The van der Waals surface area contributed by atoms with Gasteiger partial charge in [-0.05, 0) is 17.7 Å². The first-order valence-corrected chi connectivity index (χ1v) is 9.79. The van der Waals surface area contributed by atoms with Gasteiger partial charge in [0.25, 0.3) is 5.69 Å². The molecular weight excluding hydrogens is 410 g/mol. The lowest BCUT2D eigenvalue weighted by Crippen LogP contribution is -2.42. The molecule has 0 saturated carbocycles. The highest BCUT2D eigenvalue weighted by molar-refractivity contribution is 7.89. The fourth-order valence-corrected chi connectivity index (χ4v) is 4.47. The summed E-state index contributed by atoms with van der Waals surface area (Å²) in [5.41, 5.74) is 0.912. The number of hydrogen-bond acceptors (Lipinski definition) is 5. The van der Waals surface area contributed by atoms with E-state index in [1.165, 1.54) is 0 Å². The van der Waals surface area contributed by atoms with Gasteiger partial charge in [-0.25, -0.2) is 8.42 Å². The highest BCUT2D eigenvalue weighted by atomic mass is 35.5. The molecule has 28 heavy (non-hydrogen) atoms. The van der Waals surface area contributed by atoms with Gasteiger partial charge in [-0.1, -0.05) is 29.8 Å². The minimum Gasteiger partial charge on any atom is -0.480 e. The number of carbonyl (C=O) groups is 1. The molecule has 1 heterocycles. The zero-order valence-corrected chi connectivity index (χ0v) is 15.7. The van der Waals surface area contributed by atoms with Crippen molar-refractivity contribution in [1.82, 2.24) is 9.71 Å². The molecule has 1 atom stereocenters. The second-order valence-corrected chi connectivity index (χ2v) is 8.04. The molecule has 1 unspecified atom stereocenters. The molecule has 146 valence electrons. The van der Waals surface area contributed by atoms with Crippen molar-refractivity contribution in [3.05, 3.63) is 69.4 Å². The van der Waals surface area contributed by atoms with Crippen molar-refractivity contribution in [3.63, 3.8) is 0 Å². The summed E-state index contributed by atoms with van der Waals surface area (Å²) in [6.07, 6.45) is 1.47. The maximum absolute atomic E-state index is 12.6. The van der Waals surface area contributed by atoms with E-state index in [1.807, 2.05) is 12.1 Å². The number of nitrogens with zero attached hydrogens (tertiary/aromatic N) is 1. The molecule has 0 aliphatic heterocycles. The lowest BCUT2D eigenvalue weighted by atomic mass is 10.1. The summed E-state index contributed by atoms with van der Waals surface area (Å²) in [5, 5.41) is 20.9. The quantitative estimate of drug-likeness (QED) is 0.394. The number of sulfonamides is 1. The Morgan fingerprint density at radius 2 is 2.00 bits per heavy atom. The number of carboxylic acids is 1. The van der Waals surface area contributed by atoms with Crippen molar-refractivity contribution in [3.8, 4) is 0 Å². The molecule has 9 nitrogen and oxygen atoms in total. The van der Waals surface area contributed by atoms with Crippen LogP contribution in [0, 0.1) is 10.1 Å². The number of non-ortho nitro benzene ring substituents is 1. The SMILES string of the molecule is O=C(O)C(Cc1c[nH]c2ccccc12)NS(=O)(=O)c1cc([N+](=O)[O-])ccc1Cl. The van der Waals surface area contributed by atoms with E-state index in [9.17, 15) is 28.4 Å². The Balaban J connectivity index is 1.93. The number of aliphatic carboxylic acids is 1. The third-order valence-corrected chi connectivity index (χ3v) is 6.06. The number of hydrogen-bond donors (Lipinski definition) is 3. The number of halogens is 1. The van der Waals surface area contributed by atoms with Crippen LogP contribution in [0.4, 0.5) is 5.69 Å². The summed E-state index contributed by atoms with van der Waals surface area (Å²) in [7, 11) is -4.43. The molecule has 0 saturated heterocycles. The molecule has 1 aromatic heterocycles. The van der Waals surface area contributed by atoms with Crippen LogP contribution < -0.4 is 4.72 Å². The molecule has 0 amide bonds. The molecule has 3 N–H and O–H groups in total. The average Bonchev–Trinajstić information content (AvgIpc) is 3.04. The standard InChI is InChI=1S/C17H14ClN3O6S/c18-13-6-5-11(21(24)25)8-16(13)28(26,27)20-15(17(22)23)7-10-9-19-14-4-2-1-3-12(10)14/h1-6,8-9,15,19-20H,7H2,(H,22,23). The van der Waals surface area contributed by atoms with Crippen LogP contribution in [0.5, 0.6) is 0 Å². The minimum atomic E-state index is -4.43. The molecule has 2 aromatic carbocycles. The number of fused-ring (bicyclic) bond motifs is 1. The molecule has 0 fully saturated rings. The molecule has 3 aromatic rings. The highest BCUT2D eigenvalue weighted by Crippen LogP contribution is 2.27. The number of nitro groups is 1. The van der Waals surface area contributed by atoms with Crippen molar-refractivity contribution >= 4 is 44.2 Å². The zero-order valence-electron chi connectivity index (χ0n) is 14.1. The first-order chi connectivity index (χ1) is 13.2. The average molecular weight is 424 g/mol. The number of aromatic amines is 1. The summed E-state index contributed by atoms with van der Waals surface area (Å²) >= 11 is 5.88. The van der Waals surface area contributed by atoms with Crippen molar-refractivity contribution in [2.24, 2.45) is 0 Å². The van der Waals surface area contributed by atoms with Gasteiger partial charge in [-0.3, -0.25) is 14.9 Å². The molecule has 0 aliphatic carbocycles. The molecular formula is C17H14ClN3O6S. The number of rotatable bonds is 7. The molecule has 0 aliphatic rings. The summed E-state index contributed by atoms with van der Waals surface area (Å²) < 4.78 is 27.4. The number of nitro benzene ring substituents is 1. The Bertz CT molecular complexity index is 1170. The number of nitrogens with one attached hydrogen (secondary N) is 2. The molecule has 0 radical (unpaired) electrons. The van der Waals surface area contributed by atoms with Gasteiger partial charge in [-0.15, -0.1) is 0 Å². The van der Waals surface area contributed by atoms with E-state index in [0.717, 1.165) is 29.1 Å². The Kier molecular flexibility index (Phi) is 5.36. The van der Waals surface area contributed by atoms with Crippen LogP contribution in [0.25, 0.3) is 10.9 Å². The van der Waals surface area contributed by atoms with Crippen LogP contribution in [-0.4, -0.2) is 35.4 Å². The zero-order chi connectivity index (χ0) is 20.5. The van der Waals surface area contributed by atoms with E-state index in [1.54, 1.807) is 18.3 Å².